The lowest BCUT2D eigenvalue weighted by atomic mass is 10.4. The number of benzene rings is 1. The summed E-state index contributed by atoms with van der Waals surface area (Å²) in [5, 5.41) is 3.73. The standard InChI is InChI=1S/C10H10FN3S2/c1-12-10-13-9(14-16-10)6-15-8-4-2-3-7(11)5-8/h2-5H,6H2,1H3,(H,12,13,14). The smallest absolute Gasteiger partial charge is 0.202 e. The van der Waals surface area contributed by atoms with E-state index >= 15 is 0 Å². The fraction of sp³-hybridized carbons (Fsp3) is 0.200. The van der Waals surface area contributed by atoms with Crippen molar-refractivity contribution in [2.45, 2.75) is 10.6 Å². The van der Waals surface area contributed by atoms with Gasteiger partial charge in [0.25, 0.3) is 0 Å². The third kappa shape index (κ3) is 2.93. The number of nitrogens with zero attached hydrogens (tertiary/aromatic N) is 2. The maximum absolute atomic E-state index is 12.9. The number of hydrogen-bond donors (Lipinski definition) is 1. The molecule has 0 spiro atoms. The first-order valence-corrected chi connectivity index (χ1v) is 6.42. The predicted octanol–water partition coefficient (Wildman–Crippen LogP) is 3.01. The molecule has 2 rings (SSSR count). The van der Waals surface area contributed by atoms with Crippen molar-refractivity contribution in [1.82, 2.24) is 9.36 Å². The van der Waals surface area contributed by atoms with E-state index < -0.39 is 0 Å². The fourth-order valence-electron chi connectivity index (χ4n) is 1.12. The zero-order valence-electron chi connectivity index (χ0n) is 8.61. The Bertz CT molecular complexity index is 473. The molecule has 16 heavy (non-hydrogen) atoms. The SMILES string of the molecule is CNc1nc(CSc2cccc(F)c2)ns1. The summed E-state index contributed by atoms with van der Waals surface area (Å²) in [5.74, 6) is 1.21. The lowest BCUT2D eigenvalue weighted by molar-refractivity contribution is 0.624. The summed E-state index contributed by atoms with van der Waals surface area (Å²) in [6, 6.07) is 6.52. The number of aromatic nitrogens is 2. The zero-order chi connectivity index (χ0) is 11.4. The van der Waals surface area contributed by atoms with Gasteiger partial charge in [0.15, 0.2) is 5.82 Å². The van der Waals surface area contributed by atoms with Crippen molar-refractivity contribution in [2.75, 3.05) is 12.4 Å². The third-order valence-electron chi connectivity index (χ3n) is 1.85. The molecule has 0 aliphatic rings. The van der Waals surface area contributed by atoms with Gasteiger partial charge in [-0.05, 0) is 18.2 Å². The Morgan fingerprint density at radius 1 is 1.50 bits per heavy atom. The van der Waals surface area contributed by atoms with Gasteiger partial charge in [0.05, 0.1) is 5.75 Å². The van der Waals surface area contributed by atoms with Gasteiger partial charge in [0, 0.05) is 23.5 Å². The fourth-order valence-corrected chi connectivity index (χ4v) is 2.53. The van der Waals surface area contributed by atoms with E-state index in [9.17, 15) is 4.39 Å². The highest BCUT2D eigenvalue weighted by Gasteiger charge is 2.03. The van der Waals surface area contributed by atoms with Crippen molar-refractivity contribution in [3.63, 3.8) is 0 Å². The molecule has 0 bridgehead atoms. The first kappa shape index (κ1) is 11.3. The molecule has 0 radical (unpaired) electrons. The van der Waals surface area contributed by atoms with Crippen LogP contribution in [0.5, 0.6) is 0 Å². The van der Waals surface area contributed by atoms with Crippen molar-refractivity contribution < 1.29 is 4.39 Å². The van der Waals surface area contributed by atoms with E-state index in [1.165, 1.54) is 35.4 Å². The van der Waals surface area contributed by atoms with Crippen LogP contribution >= 0.6 is 23.3 Å². The van der Waals surface area contributed by atoms with Crippen LogP contribution < -0.4 is 5.32 Å². The molecular weight excluding hydrogens is 245 g/mol. The Morgan fingerprint density at radius 3 is 3.06 bits per heavy atom. The number of nitrogens with one attached hydrogen (secondary N) is 1. The Balaban J connectivity index is 1.96. The zero-order valence-corrected chi connectivity index (χ0v) is 10.2. The summed E-state index contributed by atoms with van der Waals surface area (Å²) in [5.41, 5.74) is 0. The maximum Gasteiger partial charge on any atom is 0.202 e. The highest BCUT2D eigenvalue weighted by molar-refractivity contribution is 7.98. The minimum atomic E-state index is -0.216. The van der Waals surface area contributed by atoms with Crippen LogP contribution in [0.25, 0.3) is 0 Å². The van der Waals surface area contributed by atoms with Crippen LogP contribution in [0, 0.1) is 5.82 Å². The molecule has 0 fully saturated rings. The van der Waals surface area contributed by atoms with Crippen molar-refractivity contribution >= 4 is 28.4 Å². The van der Waals surface area contributed by atoms with Crippen LogP contribution in [0.15, 0.2) is 29.2 Å². The lowest BCUT2D eigenvalue weighted by Crippen LogP contribution is -1.88. The number of thioether (sulfide) groups is 1. The Kier molecular flexibility index (Phi) is 3.74. The Morgan fingerprint density at radius 2 is 2.38 bits per heavy atom. The normalized spacial score (nSPS) is 10.4. The van der Waals surface area contributed by atoms with Gasteiger partial charge >= 0.3 is 0 Å². The van der Waals surface area contributed by atoms with Gasteiger partial charge in [0.2, 0.25) is 5.13 Å². The van der Waals surface area contributed by atoms with Gasteiger partial charge in [-0.25, -0.2) is 9.37 Å². The topological polar surface area (TPSA) is 37.8 Å². The summed E-state index contributed by atoms with van der Waals surface area (Å²) >= 11 is 2.85. The Hall–Kier alpha value is -1.14. The first-order valence-electron chi connectivity index (χ1n) is 4.66. The van der Waals surface area contributed by atoms with E-state index in [4.69, 9.17) is 0 Å². The molecule has 1 heterocycles. The average molecular weight is 255 g/mol. The first-order chi connectivity index (χ1) is 7.78. The molecule has 0 aliphatic carbocycles. The second-order valence-electron chi connectivity index (χ2n) is 3.01. The molecule has 1 aromatic carbocycles. The highest BCUT2D eigenvalue weighted by Crippen LogP contribution is 2.23. The Labute approximate surface area is 101 Å². The quantitative estimate of drug-likeness (QED) is 0.852. The van der Waals surface area contributed by atoms with Gasteiger partial charge in [-0.3, -0.25) is 0 Å². The van der Waals surface area contributed by atoms with Crippen LogP contribution in [0.2, 0.25) is 0 Å². The average Bonchev–Trinajstić information content (AvgIpc) is 2.74. The second kappa shape index (κ2) is 5.27. The van der Waals surface area contributed by atoms with E-state index in [0.717, 1.165) is 15.9 Å². The van der Waals surface area contributed by atoms with E-state index in [0.29, 0.717) is 5.75 Å². The highest BCUT2D eigenvalue weighted by atomic mass is 32.2. The largest absolute Gasteiger partial charge is 0.363 e. The molecular formula is C10H10FN3S2. The molecule has 1 aromatic heterocycles. The maximum atomic E-state index is 12.9. The van der Waals surface area contributed by atoms with Crippen LogP contribution in [-0.2, 0) is 5.75 Å². The van der Waals surface area contributed by atoms with E-state index in [-0.39, 0.29) is 5.82 Å². The van der Waals surface area contributed by atoms with Gasteiger partial charge in [-0.1, -0.05) is 6.07 Å². The summed E-state index contributed by atoms with van der Waals surface area (Å²) < 4.78 is 17.1. The van der Waals surface area contributed by atoms with Crippen molar-refractivity contribution in [3.05, 3.63) is 35.9 Å². The van der Waals surface area contributed by atoms with Gasteiger partial charge in [-0.2, -0.15) is 4.37 Å². The second-order valence-corrected chi connectivity index (χ2v) is 4.81. The van der Waals surface area contributed by atoms with Gasteiger partial charge < -0.3 is 5.32 Å². The minimum Gasteiger partial charge on any atom is -0.363 e. The van der Waals surface area contributed by atoms with Crippen LogP contribution in [-0.4, -0.2) is 16.4 Å². The number of rotatable bonds is 4. The van der Waals surface area contributed by atoms with E-state index in [2.05, 4.69) is 14.7 Å². The molecule has 0 aliphatic heterocycles. The summed E-state index contributed by atoms with van der Waals surface area (Å²) in [6.07, 6.45) is 0. The summed E-state index contributed by atoms with van der Waals surface area (Å²) in [7, 11) is 1.81. The van der Waals surface area contributed by atoms with Gasteiger partial charge in [-0.15, -0.1) is 11.8 Å². The summed E-state index contributed by atoms with van der Waals surface area (Å²) in [6.45, 7) is 0. The van der Waals surface area contributed by atoms with E-state index in [1.54, 1.807) is 6.07 Å². The molecule has 0 amide bonds. The molecule has 0 saturated heterocycles. The van der Waals surface area contributed by atoms with Crippen molar-refractivity contribution in [1.29, 1.82) is 0 Å². The van der Waals surface area contributed by atoms with Gasteiger partial charge in [0.1, 0.15) is 5.82 Å². The van der Waals surface area contributed by atoms with Crippen LogP contribution in [0.3, 0.4) is 0 Å². The lowest BCUT2D eigenvalue weighted by Gasteiger charge is -1.98. The molecule has 6 heteroatoms. The third-order valence-corrected chi connectivity index (χ3v) is 3.61. The van der Waals surface area contributed by atoms with Crippen molar-refractivity contribution in [2.24, 2.45) is 0 Å². The van der Waals surface area contributed by atoms with Crippen molar-refractivity contribution in [3.8, 4) is 0 Å². The molecule has 0 saturated carbocycles. The number of hydrogen-bond acceptors (Lipinski definition) is 5. The predicted molar refractivity (Wildman–Crippen MR) is 65.4 cm³/mol. The van der Waals surface area contributed by atoms with E-state index in [1.807, 2.05) is 13.1 Å². The number of halogens is 1. The molecule has 0 unspecified atom stereocenters. The molecule has 84 valence electrons. The molecule has 0 atom stereocenters. The van der Waals surface area contributed by atoms with Crippen LogP contribution in [0.4, 0.5) is 9.52 Å². The minimum absolute atomic E-state index is 0.216. The molecule has 3 nitrogen and oxygen atoms in total. The molecule has 2 aromatic rings. The van der Waals surface area contributed by atoms with Crippen LogP contribution in [0.1, 0.15) is 5.82 Å². The number of anilines is 1. The molecule has 1 N–H and O–H groups in total. The summed E-state index contributed by atoms with van der Waals surface area (Å²) in [4.78, 5) is 5.14. The monoisotopic (exact) mass is 255 g/mol.